The van der Waals surface area contributed by atoms with E-state index in [2.05, 4.69) is 0 Å². The third-order valence-electron chi connectivity index (χ3n) is 4.48. The van der Waals surface area contributed by atoms with Crippen molar-refractivity contribution in [2.45, 2.75) is 0 Å². The summed E-state index contributed by atoms with van der Waals surface area (Å²) >= 11 is 0. The molecule has 0 bridgehead atoms. The standard InChI is InChI=1S/C20H21NO5/c1-21(23)9-5-6-13-10-14(7-8-16(13)21)19(22)15-11-17(24-2)20(26-4)18(12-15)25-3/h5-8,10-12H,9H2,1-4H3. The summed E-state index contributed by atoms with van der Waals surface area (Å²) in [5.74, 6) is 1.07. The maximum atomic E-state index is 13.0. The number of carbonyl (C=O) groups is 1. The SMILES string of the molecule is COc1cc(C(=O)c2ccc3c(c2)C=CC[N+]3(C)[O-])cc(OC)c1OC. The van der Waals surface area contributed by atoms with Crippen molar-refractivity contribution in [2.24, 2.45) is 0 Å². The summed E-state index contributed by atoms with van der Waals surface area (Å²) in [5, 5.41) is 12.5. The number of methoxy groups -OCH3 is 3. The Balaban J connectivity index is 2.04. The van der Waals surface area contributed by atoms with Crippen molar-refractivity contribution < 1.29 is 19.0 Å². The molecule has 1 heterocycles. The molecular formula is C20H21NO5. The van der Waals surface area contributed by atoms with Crippen LogP contribution >= 0.6 is 0 Å². The summed E-state index contributed by atoms with van der Waals surface area (Å²) in [7, 11) is 6.11. The zero-order chi connectivity index (χ0) is 18.9. The van der Waals surface area contributed by atoms with Crippen molar-refractivity contribution in [3.63, 3.8) is 0 Å². The highest BCUT2D eigenvalue weighted by atomic mass is 16.5. The highest BCUT2D eigenvalue weighted by Crippen LogP contribution is 2.39. The van der Waals surface area contributed by atoms with E-state index in [4.69, 9.17) is 14.2 Å². The van der Waals surface area contributed by atoms with Crippen molar-refractivity contribution in [3.05, 3.63) is 58.3 Å². The van der Waals surface area contributed by atoms with Crippen molar-refractivity contribution in [1.82, 2.24) is 4.65 Å². The number of carbonyl (C=O) groups excluding carboxylic acids is 1. The minimum absolute atomic E-state index is 0.189. The summed E-state index contributed by atoms with van der Waals surface area (Å²) in [5.41, 5.74) is 2.31. The van der Waals surface area contributed by atoms with Gasteiger partial charge in [-0.05, 0) is 36.4 Å². The highest BCUT2D eigenvalue weighted by molar-refractivity contribution is 6.10. The van der Waals surface area contributed by atoms with E-state index in [1.807, 2.05) is 12.2 Å². The highest BCUT2D eigenvalue weighted by Gasteiger charge is 2.23. The molecule has 0 radical (unpaired) electrons. The van der Waals surface area contributed by atoms with Gasteiger partial charge < -0.3 is 24.1 Å². The van der Waals surface area contributed by atoms with Crippen LogP contribution in [0.2, 0.25) is 0 Å². The first-order valence-corrected chi connectivity index (χ1v) is 8.13. The largest absolute Gasteiger partial charge is 0.627 e. The molecule has 0 spiro atoms. The van der Waals surface area contributed by atoms with Crippen molar-refractivity contribution in [1.29, 1.82) is 0 Å². The Labute approximate surface area is 152 Å². The van der Waals surface area contributed by atoms with Gasteiger partial charge in [0, 0.05) is 22.8 Å². The van der Waals surface area contributed by atoms with Crippen LogP contribution in [0.1, 0.15) is 21.5 Å². The summed E-state index contributed by atoms with van der Waals surface area (Å²) < 4.78 is 15.4. The second-order valence-electron chi connectivity index (χ2n) is 6.20. The smallest absolute Gasteiger partial charge is 0.203 e. The number of ketones is 1. The van der Waals surface area contributed by atoms with Gasteiger partial charge >= 0.3 is 0 Å². The number of fused-ring (bicyclic) bond motifs is 1. The van der Waals surface area contributed by atoms with E-state index >= 15 is 0 Å². The topological polar surface area (TPSA) is 67.8 Å². The molecule has 0 aliphatic carbocycles. The predicted molar refractivity (Wildman–Crippen MR) is 101 cm³/mol. The van der Waals surface area contributed by atoms with E-state index in [0.29, 0.717) is 40.6 Å². The maximum Gasteiger partial charge on any atom is 0.203 e. The molecular weight excluding hydrogens is 334 g/mol. The Morgan fingerprint density at radius 3 is 2.23 bits per heavy atom. The van der Waals surface area contributed by atoms with E-state index in [1.165, 1.54) is 21.3 Å². The Morgan fingerprint density at radius 1 is 1.00 bits per heavy atom. The second kappa shape index (κ2) is 6.82. The van der Waals surface area contributed by atoms with Crippen LogP contribution in [-0.4, -0.2) is 40.7 Å². The van der Waals surface area contributed by atoms with Crippen LogP contribution in [0.3, 0.4) is 0 Å². The number of likely N-dealkylation sites (N-methyl/N-ethyl adjacent to an activating group) is 1. The average Bonchev–Trinajstić information content (AvgIpc) is 2.65. The molecule has 0 saturated carbocycles. The van der Waals surface area contributed by atoms with Gasteiger partial charge in [0.15, 0.2) is 17.3 Å². The Bertz CT molecular complexity index is 861. The first kappa shape index (κ1) is 18.0. The van der Waals surface area contributed by atoms with E-state index < -0.39 is 4.65 Å². The second-order valence-corrected chi connectivity index (χ2v) is 6.20. The van der Waals surface area contributed by atoms with Gasteiger partial charge in [0.25, 0.3) is 0 Å². The Hall–Kier alpha value is -2.83. The molecule has 0 amide bonds. The van der Waals surface area contributed by atoms with Crippen LogP contribution in [-0.2, 0) is 0 Å². The van der Waals surface area contributed by atoms with Crippen LogP contribution in [0.15, 0.2) is 36.4 Å². The number of rotatable bonds is 5. The third-order valence-corrected chi connectivity index (χ3v) is 4.48. The van der Waals surface area contributed by atoms with Crippen LogP contribution in [0.25, 0.3) is 6.08 Å². The third kappa shape index (κ3) is 3.05. The molecule has 6 heteroatoms. The van der Waals surface area contributed by atoms with Gasteiger partial charge in [0.1, 0.15) is 12.2 Å². The number of nitrogens with zero attached hydrogens (tertiary/aromatic N) is 1. The number of hydroxylamine groups is 2. The fraction of sp³-hybridized carbons (Fsp3) is 0.250. The van der Waals surface area contributed by atoms with Gasteiger partial charge in [-0.2, -0.15) is 0 Å². The summed E-state index contributed by atoms with van der Waals surface area (Å²) in [6.45, 7) is 0.382. The molecule has 6 nitrogen and oxygen atoms in total. The van der Waals surface area contributed by atoms with Crippen LogP contribution < -0.4 is 18.9 Å². The van der Waals surface area contributed by atoms with Crippen LogP contribution in [0.4, 0.5) is 5.69 Å². The van der Waals surface area contributed by atoms with Gasteiger partial charge in [-0.15, -0.1) is 0 Å². The number of hydrogen-bond donors (Lipinski definition) is 0. The lowest BCUT2D eigenvalue weighted by Crippen LogP contribution is -2.40. The molecule has 2 aromatic carbocycles. The minimum Gasteiger partial charge on any atom is -0.627 e. The fourth-order valence-electron chi connectivity index (χ4n) is 3.12. The molecule has 0 saturated heterocycles. The van der Waals surface area contributed by atoms with E-state index in [9.17, 15) is 10.0 Å². The molecule has 1 atom stereocenters. The zero-order valence-electron chi connectivity index (χ0n) is 15.2. The van der Waals surface area contributed by atoms with Gasteiger partial charge in [-0.3, -0.25) is 4.79 Å². The fourth-order valence-corrected chi connectivity index (χ4v) is 3.12. The zero-order valence-corrected chi connectivity index (χ0v) is 15.2. The molecule has 2 aromatic rings. The summed E-state index contributed by atoms with van der Waals surface area (Å²) in [6, 6.07) is 8.37. The lowest BCUT2D eigenvalue weighted by Gasteiger charge is -2.40. The summed E-state index contributed by atoms with van der Waals surface area (Å²) in [6.07, 6.45) is 3.70. The molecule has 1 aliphatic rings. The first-order chi connectivity index (χ1) is 12.4. The molecule has 26 heavy (non-hydrogen) atoms. The van der Waals surface area contributed by atoms with Crippen molar-refractivity contribution >= 4 is 17.5 Å². The van der Waals surface area contributed by atoms with Crippen LogP contribution in [0.5, 0.6) is 17.2 Å². The molecule has 0 aromatic heterocycles. The Morgan fingerprint density at radius 2 is 1.65 bits per heavy atom. The molecule has 136 valence electrons. The molecule has 3 rings (SSSR count). The Kier molecular flexibility index (Phi) is 4.71. The van der Waals surface area contributed by atoms with E-state index in [0.717, 1.165) is 5.56 Å². The molecule has 0 N–H and O–H groups in total. The first-order valence-electron chi connectivity index (χ1n) is 8.13. The minimum atomic E-state index is -0.482. The molecule has 0 fully saturated rings. The number of hydrogen-bond acceptors (Lipinski definition) is 5. The molecule has 1 unspecified atom stereocenters. The van der Waals surface area contributed by atoms with E-state index in [1.54, 1.807) is 37.4 Å². The van der Waals surface area contributed by atoms with Gasteiger partial charge in [0.2, 0.25) is 5.75 Å². The lowest BCUT2D eigenvalue weighted by molar-refractivity contribution is 0.103. The normalized spacial score (nSPS) is 18.2. The average molecular weight is 355 g/mol. The van der Waals surface area contributed by atoms with Gasteiger partial charge in [0.05, 0.1) is 28.4 Å². The van der Waals surface area contributed by atoms with Gasteiger partial charge in [-0.1, -0.05) is 0 Å². The lowest BCUT2D eigenvalue weighted by atomic mass is 9.98. The monoisotopic (exact) mass is 355 g/mol. The number of quaternary nitrogens is 1. The van der Waals surface area contributed by atoms with Crippen molar-refractivity contribution in [2.75, 3.05) is 34.9 Å². The van der Waals surface area contributed by atoms with E-state index in [-0.39, 0.29) is 5.78 Å². The van der Waals surface area contributed by atoms with Crippen LogP contribution in [0, 0.1) is 5.21 Å². The molecule has 1 aliphatic heterocycles. The quantitative estimate of drug-likeness (QED) is 0.467. The van der Waals surface area contributed by atoms with Gasteiger partial charge in [-0.25, -0.2) is 0 Å². The predicted octanol–water partition coefficient (Wildman–Crippen LogP) is 3.41. The van der Waals surface area contributed by atoms with Crippen molar-refractivity contribution in [3.8, 4) is 17.2 Å². The maximum absolute atomic E-state index is 13.0. The number of ether oxygens (including phenoxy) is 3. The summed E-state index contributed by atoms with van der Waals surface area (Å²) in [4.78, 5) is 13.0. The number of benzene rings is 2.